The number of rotatable bonds is 5. The normalized spacial score (nSPS) is 13.6. The highest BCUT2D eigenvalue weighted by Gasteiger charge is 2.22. The molecule has 0 saturated carbocycles. The zero-order valence-corrected chi connectivity index (χ0v) is 17.0. The van der Waals surface area contributed by atoms with Crippen LogP contribution >= 0.6 is 0 Å². The van der Waals surface area contributed by atoms with Gasteiger partial charge < -0.3 is 21.3 Å². The molecule has 2 aromatic carbocycles. The lowest BCUT2D eigenvalue weighted by Gasteiger charge is -2.27. The predicted octanol–water partition coefficient (Wildman–Crippen LogP) is 1.70. The van der Waals surface area contributed by atoms with Crippen molar-refractivity contribution in [2.45, 2.75) is 6.54 Å². The number of carbonyl (C=O) groups is 2. The van der Waals surface area contributed by atoms with Crippen molar-refractivity contribution in [3.05, 3.63) is 77.6 Å². The molecule has 0 bridgehead atoms. The van der Waals surface area contributed by atoms with Gasteiger partial charge in [-0.25, -0.2) is 9.97 Å². The van der Waals surface area contributed by atoms with Crippen molar-refractivity contribution in [1.82, 2.24) is 25.5 Å². The molecule has 1 aromatic heterocycles. The molecule has 2 heterocycles. The monoisotopic (exact) mass is 416 g/mol. The van der Waals surface area contributed by atoms with Crippen LogP contribution in [-0.2, 0) is 6.54 Å². The van der Waals surface area contributed by atoms with Crippen molar-refractivity contribution in [2.24, 2.45) is 0 Å². The summed E-state index contributed by atoms with van der Waals surface area (Å²) < 4.78 is 0. The Labute approximate surface area is 180 Å². The summed E-state index contributed by atoms with van der Waals surface area (Å²) in [6.07, 6.45) is 1.52. The smallest absolute Gasteiger partial charge is 0.276 e. The van der Waals surface area contributed by atoms with Crippen molar-refractivity contribution in [3.63, 3.8) is 0 Å². The van der Waals surface area contributed by atoms with E-state index in [9.17, 15) is 9.59 Å². The second-order valence-corrected chi connectivity index (χ2v) is 7.28. The highest BCUT2D eigenvalue weighted by molar-refractivity contribution is 5.97. The van der Waals surface area contributed by atoms with Gasteiger partial charge in [0.05, 0.1) is 11.9 Å². The summed E-state index contributed by atoms with van der Waals surface area (Å²) in [4.78, 5) is 35.8. The molecule has 1 saturated heterocycles. The third-order valence-electron chi connectivity index (χ3n) is 5.12. The molecule has 4 N–H and O–H groups in total. The van der Waals surface area contributed by atoms with Crippen LogP contribution in [0.1, 0.15) is 26.4 Å². The van der Waals surface area contributed by atoms with E-state index in [0.717, 1.165) is 18.7 Å². The van der Waals surface area contributed by atoms with Crippen LogP contribution in [0.5, 0.6) is 0 Å². The van der Waals surface area contributed by atoms with E-state index in [1.165, 1.54) is 6.20 Å². The molecule has 4 rings (SSSR count). The van der Waals surface area contributed by atoms with Gasteiger partial charge in [-0.3, -0.25) is 9.59 Å². The fraction of sp³-hybridized carbons (Fsp3) is 0.217. The van der Waals surface area contributed by atoms with Crippen LogP contribution < -0.4 is 16.4 Å². The lowest BCUT2D eigenvalue weighted by molar-refractivity contribution is 0.0730. The Morgan fingerprint density at radius 3 is 2.61 bits per heavy atom. The van der Waals surface area contributed by atoms with Gasteiger partial charge in [0.2, 0.25) is 0 Å². The number of nitrogens with two attached hydrogens (primary N) is 1. The highest BCUT2D eigenvalue weighted by Crippen LogP contribution is 2.21. The number of carbonyl (C=O) groups excluding carboxylic acids is 2. The van der Waals surface area contributed by atoms with E-state index in [1.807, 2.05) is 36.4 Å². The van der Waals surface area contributed by atoms with Crippen molar-refractivity contribution in [1.29, 1.82) is 0 Å². The van der Waals surface area contributed by atoms with E-state index in [0.29, 0.717) is 36.5 Å². The third-order valence-corrected chi connectivity index (χ3v) is 5.12. The Kier molecular flexibility index (Phi) is 6.18. The van der Waals surface area contributed by atoms with Gasteiger partial charge in [-0.05, 0) is 17.7 Å². The minimum absolute atomic E-state index is 0.101. The summed E-state index contributed by atoms with van der Waals surface area (Å²) in [6, 6.07) is 16.8. The molecule has 158 valence electrons. The largest absolute Gasteiger partial charge is 0.382 e. The Balaban J connectivity index is 1.53. The number of amides is 2. The lowest BCUT2D eigenvalue weighted by Crippen LogP contribution is -2.46. The number of nitrogens with one attached hydrogen (secondary N) is 2. The number of benzene rings is 2. The van der Waals surface area contributed by atoms with Gasteiger partial charge in [0.25, 0.3) is 11.8 Å². The molecule has 1 aliphatic heterocycles. The van der Waals surface area contributed by atoms with Gasteiger partial charge in [-0.15, -0.1) is 0 Å². The highest BCUT2D eigenvalue weighted by atomic mass is 16.2. The first-order valence-electron chi connectivity index (χ1n) is 10.2. The number of piperazine rings is 1. The van der Waals surface area contributed by atoms with Gasteiger partial charge in [-0.1, -0.05) is 42.5 Å². The number of hydrogen-bond acceptors (Lipinski definition) is 6. The van der Waals surface area contributed by atoms with Crippen molar-refractivity contribution < 1.29 is 9.59 Å². The van der Waals surface area contributed by atoms with Crippen LogP contribution in [0, 0.1) is 0 Å². The molecule has 2 amide bonds. The van der Waals surface area contributed by atoms with Crippen LogP contribution in [0.4, 0.5) is 5.82 Å². The first-order valence-corrected chi connectivity index (χ1v) is 10.2. The molecule has 31 heavy (non-hydrogen) atoms. The standard InChI is InChI=1S/C23H24N6O2/c24-21-20(23(31)29-11-9-25-10-12-29)28-19(15-26-21)17-7-4-8-18(13-17)22(30)27-14-16-5-2-1-3-6-16/h1-8,13,15,25H,9-12,14H2,(H2,24,26)(H,27,30). The quantitative estimate of drug-likeness (QED) is 0.584. The second-order valence-electron chi connectivity index (χ2n) is 7.28. The molecule has 0 radical (unpaired) electrons. The van der Waals surface area contributed by atoms with E-state index in [1.54, 1.807) is 23.1 Å². The minimum Gasteiger partial charge on any atom is -0.382 e. The molecule has 3 aromatic rings. The molecule has 1 fully saturated rings. The van der Waals surface area contributed by atoms with Crippen LogP contribution in [0.2, 0.25) is 0 Å². The van der Waals surface area contributed by atoms with Crippen LogP contribution in [-0.4, -0.2) is 52.9 Å². The van der Waals surface area contributed by atoms with E-state index in [4.69, 9.17) is 5.73 Å². The molecule has 0 spiro atoms. The van der Waals surface area contributed by atoms with Crippen molar-refractivity contribution in [2.75, 3.05) is 31.9 Å². The number of anilines is 1. The van der Waals surface area contributed by atoms with E-state index >= 15 is 0 Å². The molecular formula is C23H24N6O2. The maximum atomic E-state index is 12.9. The summed E-state index contributed by atoms with van der Waals surface area (Å²) in [5.74, 6) is -0.319. The van der Waals surface area contributed by atoms with E-state index in [-0.39, 0.29) is 23.3 Å². The maximum Gasteiger partial charge on any atom is 0.276 e. The molecule has 0 atom stereocenters. The summed E-state index contributed by atoms with van der Waals surface area (Å²) in [7, 11) is 0. The van der Waals surface area contributed by atoms with Crippen LogP contribution in [0.15, 0.2) is 60.8 Å². The van der Waals surface area contributed by atoms with Gasteiger partial charge in [0.15, 0.2) is 11.5 Å². The van der Waals surface area contributed by atoms with Crippen LogP contribution in [0.3, 0.4) is 0 Å². The zero-order valence-electron chi connectivity index (χ0n) is 17.0. The topological polar surface area (TPSA) is 113 Å². The number of nitrogens with zero attached hydrogens (tertiary/aromatic N) is 3. The fourth-order valence-corrected chi connectivity index (χ4v) is 3.41. The first-order chi connectivity index (χ1) is 15.1. The molecular weight excluding hydrogens is 392 g/mol. The Hall–Kier alpha value is -3.78. The average molecular weight is 416 g/mol. The fourth-order valence-electron chi connectivity index (χ4n) is 3.41. The SMILES string of the molecule is Nc1ncc(-c2cccc(C(=O)NCc3ccccc3)c2)nc1C(=O)N1CCNCC1. The maximum absolute atomic E-state index is 12.9. The van der Waals surface area contributed by atoms with Crippen molar-refractivity contribution >= 4 is 17.6 Å². The van der Waals surface area contributed by atoms with Gasteiger partial charge in [0.1, 0.15) is 0 Å². The first kappa shape index (κ1) is 20.5. The summed E-state index contributed by atoms with van der Waals surface area (Å²) in [5.41, 5.74) is 8.79. The summed E-state index contributed by atoms with van der Waals surface area (Å²) in [6.45, 7) is 3.11. The van der Waals surface area contributed by atoms with E-state index in [2.05, 4.69) is 20.6 Å². The Morgan fingerprint density at radius 1 is 1.06 bits per heavy atom. The van der Waals surface area contributed by atoms with Crippen molar-refractivity contribution in [3.8, 4) is 11.3 Å². The average Bonchev–Trinajstić information content (AvgIpc) is 2.83. The van der Waals surface area contributed by atoms with E-state index < -0.39 is 0 Å². The number of nitrogen functional groups attached to an aromatic ring is 1. The van der Waals surface area contributed by atoms with Gasteiger partial charge in [-0.2, -0.15) is 0 Å². The van der Waals surface area contributed by atoms with Gasteiger partial charge >= 0.3 is 0 Å². The zero-order chi connectivity index (χ0) is 21.6. The third kappa shape index (κ3) is 4.87. The summed E-state index contributed by atoms with van der Waals surface area (Å²) >= 11 is 0. The second kappa shape index (κ2) is 9.36. The number of hydrogen-bond donors (Lipinski definition) is 3. The van der Waals surface area contributed by atoms with Gasteiger partial charge in [0, 0.05) is 43.9 Å². The van der Waals surface area contributed by atoms with Crippen LogP contribution in [0.25, 0.3) is 11.3 Å². The number of aromatic nitrogens is 2. The summed E-state index contributed by atoms with van der Waals surface area (Å²) in [5, 5.41) is 6.13. The molecule has 0 unspecified atom stereocenters. The molecule has 8 nitrogen and oxygen atoms in total. The Morgan fingerprint density at radius 2 is 1.84 bits per heavy atom. The minimum atomic E-state index is -0.231. The Bertz CT molecular complexity index is 1080. The predicted molar refractivity (Wildman–Crippen MR) is 118 cm³/mol. The molecule has 1 aliphatic rings. The molecule has 8 heteroatoms. The molecule has 0 aliphatic carbocycles. The lowest BCUT2D eigenvalue weighted by atomic mass is 10.1.